The number of benzene rings is 1. The quantitative estimate of drug-likeness (QED) is 0.110. The summed E-state index contributed by atoms with van der Waals surface area (Å²) in [5, 5.41) is 14.9. The highest BCUT2D eigenvalue weighted by Gasteiger charge is 2.41. The zero-order valence-corrected chi connectivity index (χ0v) is 21.0. The third-order valence-electron chi connectivity index (χ3n) is 6.23. The Kier molecular flexibility index (Phi) is 9.78. The van der Waals surface area contributed by atoms with Crippen LogP contribution in [0.25, 0.3) is 0 Å². The van der Waals surface area contributed by atoms with Gasteiger partial charge in [-0.3, -0.25) is 5.41 Å². The van der Waals surface area contributed by atoms with Gasteiger partial charge in [-0.25, -0.2) is 4.79 Å². The van der Waals surface area contributed by atoms with E-state index in [2.05, 4.69) is 10.3 Å². The predicted molar refractivity (Wildman–Crippen MR) is 123 cm³/mol. The summed E-state index contributed by atoms with van der Waals surface area (Å²) < 4.78 is 85.7. The van der Waals surface area contributed by atoms with Gasteiger partial charge in [0.05, 0.1) is 17.2 Å². The normalized spacial score (nSPS) is 20.9. The number of halogens is 6. The summed E-state index contributed by atoms with van der Waals surface area (Å²) in [7, 11) is 0. The van der Waals surface area contributed by atoms with E-state index in [4.69, 9.17) is 16.0 Å². The van der Waals surface area contributed by atoms with Gasteiger partial charge in [-0.2, -0.15) is 26.3 Å². The molecule has 2 rings (SSSR count). The molecule has 1 heterocycles. The van der Waals surface area contributed by atoms with E-state index in [0.29, 0.717) is 25.0 Å². The molecule has 1 aliphatic heterocycles. The van der Waals surface area contributed by atoms with Crippen molar-refractivity contribution >= 4 is 12.1 Å². The van der Waals surface area contributed by atoms with Crippen molar-refractivity contribution in [2.75, 3.05) is 0 Å². The molecule has 2 atom stereocenters. The van der Waals surface area contributed by atoms with Gasteiger partial charge in [0.1, 0.15) is 0 Å². The molecule has 8 nitrogen and oxygen atoms in total. The number of ether oxygens (including phenoxy) is 1. The summed E-state index contributed by atoms with van der Waals surface area (Å²) in [6.07, 6.45) is -9.26. The van der Waals surface area contributed by atoms with E-state index in [1.165, 1.54) is 4.90 Å². The molecular formula is C23H32F6N6O2. The van der Waals surface area contributed by atoms with Crippen LogP contribution in [0.1, 0.15) is 70.1 Å². The summed E-state index contributed by atoms with van der Waals surface area (Å²) in [6.45, 7) is 6.68. The van der Waals surface area contributed by atoms with E-state index in [0.717, 1.165) is 0 Å². The molecule has 208 valence electrons. The van der Waals surface area contributed by atoms with Crippen molar-refractivity contribution < 1.29 is 35.9 Å². The topological polar surface area (TPSA) is 107 Å². The third kappa shape index (κ3) is 7.71. The minimum atomic E-state index is -5.01. The molecule has 1 aliphatic rings. The average Bonchev–Trinajstić information content (AvgIpc) is 2.79. The first-order valence-corrected chi connectivity index (χ1v) is 11.9. The number of guanidine groups is 1. The lowest BCUT2D eigenvalue weighted by molar-refractivity contribution is -0.143. The van der Waals surface area contributed by atoms with Gasteiger partial charge in [-0.15, -0.1) is 0 Å². The number of rotatable bonds is 6. The summed E-state index contributed by atoms with van der Waals surface area (Å²) in [5.74, 6) is 4.58. The highest BCUT2D eigenvalue weighted by atomic mass is 19.4. The van der Waals surface area contributed by atoms with E-state index in [1.54, 1.807) is 18.7 Å². The summed E-state index contributed by atoms with van der Waals surface area (Å²) in [6, 6.07) is 0.0784. The lowest BCUT2D eigenvalue weighted by atomic mass is 9.87. The zero-order chi connectivity index (χ0) is 28.1. The van der Waals surface area contributed by atoms with Gasteiger partial charge in [0.2, 0.25) is 5.96 Å². The standard InChI is InChI=1S/C23H32F6N6O2/c1-5-17-10-19(11-18(6-2)35(17)21(36)37-13(3)4)34(20(30)32-33-31)12-14-7-15(22(24,25)26)9-16(8-14)23(27,28)29/h7-9,13,17-19H,5-6,10-12H2,1-4H3,(H3,30,31,32). The minimum Gasteiger partial charge on any atom is -0.447 e. The molecule has 0 radical (unpaired) electrons. The minimum absolute atomic E-state index is 0.0534. The molecule has 1 aromatic rings. The number of carbonyl (C=O) groups is 1. The summed E-state index contributed by atoms with van der Waals surface area (Å²) in [5.41, 5.74) is -3.20. The number of nitrogens with one attached hydrogen (secondary N) is 1. The molecule has 3 N–H and O–H groups in total. The first-order valence-electron chi connectivity index (χ1n) is 11.9. The van der Waals surface area contributed by atoms with Gasteiger partial charge in [-0.1, -0.05) is 24.2 Å². The number of hydrogen-bond donors (Lipinski definition) is 2. The monoisotopic (exact) mass is 538 g/mol. The predicted octanol–water partition coefficient (Wildman–Crippen LogP) is 6.35. The highest BCUT2D eigenvalue weighted by molar-refractivity contribution is 5.77. The Hall–Kier alpha value is -3.06. The van der Waals surface area contributed by atoms with Crippen molar-refractivity contribution in [2.45, 2.75) is 96.5 Å². The molecule has 0 aromatic heterocycles. The van der Waals surface area contributed by atoms with Crippen LogP contribution in [0.2, 0.25) is 0 Å². The van der Waals surface area contributed by atoms with Crippen molar-refractivity contribution in [3.05, 3.63) is 34.9 Å². The molecule has 0 bridgehead atoms. The molecule has 1 saturated heterocycles. The molecule has 1 aromatic carbocycles. The van der Waals surface area contributed by atoms with Crippen LogP contribution < -0.4 is 5.84 Å². The molecule has 1 fully saturated rings. The molecule has 0 spiro atoms. The summed E-state index contributed by atoms with van der Waals surface area (Å²) >= 11 is 0. The van der Waals surface area contributed by atoms with Crippen molar-refractivity contribution in [3.63, 3.8) is 0 Å². The van der Waals surface area contributed by atoms with E-state index < -0.39 is 48.1 Å². The third-order valence-corrected chi connectivity index (χ3v) is 6.23. The molecule has 1 amide bonds. The van der Waals surface area contributed by atoms with Crippen molar-refractivity contribution in [1.82, 2.24) is 9.80 Å². The molecule has 37 heavy (non-hydrogen) atoms. The Balaban J connectivity index is 2.49. The highest BCUT2D eigenvalue weighted by Crippen LogP contribution is 2.37. The van der Waals surface area contributed by atoms with Crippen LogP contribution in [0, 0.1) is 5.41 Å². The fourth-order valence-electron chi connectivity index (χ4n) is 4.59. The van der Waals surface area contributed by atoms with E-state index in [1.807, 2.05) is 13.8 Å². The van der Waals surface area contributed by atoms with Gasteiger partial charge >= 0.3 is 18.4 Å². The van der Waals surface area contributed by atoms with E-state index in [-0.39, 0.29) is 42.7 Å². The van der Waals surface area contributed by atoms with Gasteiger partial charge in [0.25, 0.3) is 0 Å². The lowest BCUT2D eigenvalue weighted by Gasteiger charge is -2.47. The van der Waals surface area contributed by atoms with Crippen LogP contribution in [-0.2, 0) is 23.6 Å². The number of carbonyl (C=O) groups excluding carboxylic acids is 1. The van der Waals surface area contributed by atoms with Crippen molar-refractivity contribution in [3.8, 4) is 0 Å². The Morgan fingerprint density at radius 1 is 1.08 bits per heavy atom. The molecule has 14 heteroatoms. The first-order chi connectivity index (χ1) is 17.1. The maximum Gasteiger partial charge on any atom is 0.416 e. The smallest absolute Gasteiger partial charge is 0.416 e. The van der Waals surface area contributed by atoms with Gasteiger partial charge in [-0.05, 0) is 63.3 Å². The molecule has 2 unspecified atom stereocenters. The zero-order valence-electron chi connectivity index (χ0n) is 21.0. The molecular weight excluding hydrogens is 506 g/mol. The Morgan fingerprint density at radius 3 is 1.95 bits per heavy atom. The second-order valence-corrected chi connectivity index (χ2v) is 9.17. The number of piperidine rings is 1. The van der Waals surface area contributed by atoms with Crippen LogP contribution in [-0.4, -0.2) is 46.1 Å². The van der Waals surface area contributed by atoms with Crippen molar-refractivity contribution in [1.29, 1.82) is 5.41 Å². The van der Waals surface area contributed by atoms with Crippen LogP contribution in [0.5, 0.6) is 0 Å². The van der Waals surface area contributed by atoms with E-state index in [9.17, 15) is 31.1 Å². The van der Waals surface area contributed by atoms with E-state index >= 15 is 0 Å². The Labute approximate surface area is 211 Å². The maximum atomic E-state index is 13.4. The Bertz CT molecular complexity index is 935. The Morgan fingerprint density at radius 2 is 1.57 bits per heavy atom. The van der Waals surface area contributed by atoms with Crippen LogP contribution in [0.15, 0.2) is 28.5 Å². The van der Waals surface area contributed by atoms with Crippen molar-refractivity contribution in [2.24, 2.45) is 16.2 Å². The average molecular weight is 539 g/mol. The second-order valence-electron chi connectivity index (χ2n) is 9.17. The van der Waals surface area contributed by atoms with Crippen LogP contribution >= 0.6 is 0 Å². The molecule has 0 aliphatic carbocycles. The summed E-state index contributed by atoms with van der Waals surface area (Å²) in [4.78, 5) is 15.7. The first kappa shape index (κ1) is 30.2. The number of likely N-dealkylation sites (tertiary alicyclic amines) is 1. The second kappa shape index (κ2) is 12.0. The SMILES string of the molecule is CCC1CC(N(Cc2cc(C(F)(F)F)cc(C(F)(F)F)c2)C(=N)/N=N\N)CC(CC)N1C(=O)OC(C)C. The number of nitrogens with two attached hydrogens (primary N) is 1. The van der Waals surface area contributed by atoms with Crippen LogP contribution in [0.3, 0.4) is 0 Å². The largest absolute Gasteiger partial charge is 0.447 e. The van der Waals surface area contributed by atoms with Gasteiger partial charge in [0.15, 0.2) is 0 Å². The number of nitrogens with zero attached hydrogens (tertiary/aromatic N) is 4. The fraction of sp³-hybridized carbons (Fsp3) is 0.652. The van der Waals surface area contributed by atoms with Gasteiger partial charge < -0.3 is 20.4 Å². The number of hydrogen-bond acceptors (Lipinski definition) is 4. The fourth-order valence-corrected chi connectivity index (χ4v) is 4.59. The number of amides is 1. The lowest BCUT2D eigenvalue weighted by Crippen LogP contribution is -2.57. The molecule has 0 saturated carbocycles. The van der Waals surface area contributed by atoms with Gasteiger partial charge in [0, 0.05) is 24.7 Å². The van der Waals surface area contributed by atoms with Crippen LogP contribution in [0.4, 0.5) is 31.1 Å². The number of alkyl halides is 6. The maximum absolute atomic E-state index is 13.4.